The van der Waals surface area contributed by atoms with E-state index in [1.165, 1.54) is 99.3 Å². The molecule has 8 aliphatic rings. The zero-order valence-corrected chi connectivity index (χ0v) is 43.0. The number of hydrogen-bond donors (Lipinski definition) is 0. The van der Waals surface area contributed by atoms with Crippen molar-refractivity contribution in [1.29, 1.82) is 0 Å². The van der Waals surface area contributed by atoms with Crippen molar-refractivity contribution in [2.45, 2.75) is 141 Å². The Morgan fingerprint density at radius 1 is 0.460 bits per heavy atom. The monoisotopic (exact) mass is 1000 g/mol. The van der Waals surface area contributed by atoms with E-state index in [-0.39, 0.29) is 63.0 Å². The Bertz CT molecular complexity index is 2290. The largest absolute Gasteiger partial charge is 4.00 e. The van der Waals surface area contributed by atoms with E-state index >= 15 is 10.2 Å². The van der Waals surface area contributed by atoms with Crippen molar-refractivity contribution in [2.75, 3.05) is 0 Å². The fourth-order valence-electron chi connectivity index (χ4n) is 15.1. The number of benzene rings is 4. The zero-order chi connectivity index (χ0) is 41.2. The summed E-state index contributed by atoms with van der Waals surface area (Å²) in [4.78, 5) is 5.54. The third kappa shape index (κ3) is 7.82. The Labute approximate surface area is 398 Å². The molecule has 1 heterocycles. The molecule has 8 fully saturated rings. The molecule has 4 aromatic carbocycles. The molecule has 0 unspecified atom stereocenters. The molecule has 0 spiro atoms. The normalized spacial score (nSPS) is 28.5. The number of hydrogen-bond acceptors (Lipinski definition) is 3. The third-order valence-electron chi connectivity index (χ3n) is 17.0. The molecule has 0 saturated heterocycles. The van der Waals surface area contributed by atoms with Crippen molar-refractivity contribution in [3.8, 4) is 56.3 Å². The van der Waals surface area contributed by atoms with Crippen LogP contribution in [0.5, 0.6) is 11.5 Å². The maximum atomic E-state index is 15.1. The van der Waals surface area contributed by atoms with Crippen LogP contribution in [0.15, 0.2) is 78.9 Å². The molecule has 3 nitrogen and oxygen atoms in total. The molecule has 0 aliphatic heterocycles. The van der Waals surface area contributed by atoms with Gasteiger partial charge in [0, 0.05) is 11.1 Å². The predicted molar refractivity (Wildman–Crippen MR) is 255 cm³/mol. The molecule has 0 amide bonds. The first-order valence-electron chi connectivity index (χ1n) is 23.7. The third-order valence-corrected chi connectivity index (χ3v) is 17.0. The molecule has 8 saturated carbocycles. The Balaban J connectivity index is 0.00000181. The Kier molecular flexibility index (Phi) is 12.5. The van der Waals surface area contributed by atoms with Crippen LogP contribution in [0.1, 0.15) is 150 Å². The molecular weight excluding hydrogens is 933 g/mol. The second kappa shape index (κ2) is 17.1. The minimum Gasteiger partial charge on any atom is -0.872 e. The van der Waals surface area contributed by atoms with E-state index < -0.39 is 0 Å². The van der Waals surface area contributed by atoms with Gasteiger partial charge in [-0.3, -0.25) is 0 Å². The van der Waals surface area contributed by atoms with Crippen molar-refractivity contribution >= 4 is 0 Å². The van der Waals surface area contributed by atoms with Gasteiger partial charge in [0.2, 0.25) is 0 Å². The number of nitrogens with zero attached hydrogens (tertiary/aromatic N) is 1. The fourth-order valence-corrected chi connectivity index (χ4v) is 15.1. The molecule has 13 rings (SSSR count). The van der Waals surface area contributed by atoms with Crippen molar-refractivity contribution in [1.82, 2.24) is 4.98 Å². The number of aromatic nitrogens is 1. The second-order valence-corrected chi connectivity index (χ2v) is 22.1. The van der Waals surface area contributed by atoms with Gasteiger partial charge in [0.25, 0.3) is 0 Å². The van der Waals surface area contributed by atoms with E-state index in [9.17, 15) is 0 Å². The first-order valence-corrected chi connectivity index (χ1v) is 23.7. The topological polar surface area (TPSA) is 59.0 Å². The molecule has 0 atom stereocenters. The minimum absolute atomic E-state index is 0. The van der Waals surface area contributed by atoms with Gasteiger partial charge >= 0.3 is 25.8 Å². The van der Waals surface area contributed by atoms with Gasteiger partial charge in [0.15, 0.2) is 0 Å². The second-order valence-electron chi connectivity index (χ2n) is 22.1. The SMILES string of the molecule is Cc1cc(-c2ccc(C(C)C)cc2-c2cccc(-c3cc(C(C)C)ccc3-c3cc(C)cc(C45CC6CC(CC(C6)C4)C5)c3[O-])n2)c([O-])c(C23CC4CC(CC(C4)C2)C3)c1.[CH3-].[CH3-].[Hf+4]. The van der Waals surface area contributed by atoms with Gasteiger partial charge in [-0.1, -0.05) is 105 Å². The van der Waals surface area contributed by atoms with Gasteiger partial charge in [-0.05, 0) is 218 Å². The molecule has 63 heavy (non-hydrogen) atoms. The molecular formula is C59H69HfNO2. The predicted octanol–water partition coefficient (Wildman–Crippen LogP) is 14.6. The summed E-state index contributed by atoms with van der Waals surface area (Å²) in [6.07, 6.45) is 15.2. The summed E-state index contributed by atoms with van der Waals surface area (Å²) in [6, 6.07) is 28.6. The summed E-state index contributed by atoms with van der Waals surface area (Å²) >= 11 is 0. The van der Waals surface area contributed by atoms with Crippen molar-refractivity contribution in [3.05, 3.63) is 127 Å². The molecule has 1 aromatic heterocycles. The van der Waals surface area contributed by atoms with Crippen LogP contribution in [-0.4, -0.2) is 4.98 Å². The molecule has 326 valence electrons. The van der Waals surface area contributed by atoms with Crippen LogP contribution in [0.2, 0.25) is 0 Å². The quantitative estimate of drug-likeness (QED) is 0.115. The van der Waals surface area contributed by atoms with Gasteiger partial charge in [-0.15, -0.1) is 0 Å². The molecule has 4 heteroatoms. The van der Waals surface area contributed by atoms with Gasteiger partial charge in [0.05, 0.1) is 11.4 Å². The van der Waals surface area contributed by atoms with Gasteiger partial charge in [-0.2, -0.15) is 0 Å². The van der Waals surface area contributed by atoms with Crippen LogP contribution >= 0.6 is 0 Å². The van der Waals surface area contributed by atoms with E-state index in [1.54, 1.807) is 0 Å². The molecule has 8 bridgehead atoms. The Morgan fingerprint density at radius 2 is 0.794 bits per heavy atom. The molecule has 8 aliphatic carbocycles. The van der Waals surface area contributed by atoms with Gasteiger partial charge in [-0.25, -0.2) is 4.98 Å². The van der Waals surface area contributed by atoms with Gasteiger partial charge in [0.1, 0.15) is 0 Å². The summed E-state index contributed by atoms with van der Waals surface area (Å²) in [5.74, 6) is 5.72. The smallest absolute Gasteiger partial charge is 0.872 e. The number of pyridine rings is 1. The Hall–Kier alpha value is -3.50. The van der Waals surface area contributed by atoms with E-state index in [1.807, 2.05) is 0 Å². The van der Waals surface area contributed by atoms with Crippen molar-refractivity contribution in [2.24, 2.45) is 35.5 Å². The minimum atomic E-state index is 0. The standard InChI is InChI=1S/C57H65NO2.2CH3.Hf/c1-32(2)42-10-12-44(48-14-34(5)16-50(54(48)59)56-26-36-18-37(27-56)20-38(19-36)28-56)46(24-42)52-8-7-9-53(58-52)47-25-43(33(3)4)11-13-45(47)49-15-35(6)17-51(55(49)60)57-29-39-21-40(30-57)23-41(22-39)31-57;;;/h7-17,24-25,32-33,36-41,59-60H,18-23,26-31H2,1-6H3;2*1H3;/q;2*-1;+4/p-2. The fraction of sp³-hybridized carbons (Fsp3) is 0.475. The molecule has 0 N–H and O–H groups in total. The summed E-state index contributed by atoms with van der Waals surface area (Å²) in [5, 5.41) is 30.1. The van der Waals surface area contributed by atoms with E-state index in [0.717, 1.165) is 91.4 Å². The zero-order valence-electron chi connectivity index (χ0n) is 39.4. The maximum Gasteiger partial charge on any atom is 4.00 e. The molecule has 5 aromatic rings. The maximum absolute atomic E-state index is 15.1. The molecule has 0 radical (unpaired) electrons. The summed E-state index contributed by atoms with van der Waals surface area (Å²) < 4.78 is 0. The van der Waals surface area contributed by atoms with Crippen LogP contribution in [0.4, 0.5) is 0 Å². The summed E-state index contributed by atoms with van der Waals surface area (Å²) in [6.45, 7) is 13.3. The van der Waals surface area contributed by atoms with E-state index in [4.69, 9.17) is 4.98 Å². The van der Waals surface area contributed by atoms with E-state index in [2.05, 4.69) is 120 Å². The van der Waals surface area contributed by atoms with Crippen LogP contribution in [0, 0.1) is 64.2 Å². The average molecular weight is 1000 g/mol. The van der Waals surface area contributed by atoms with Crippen LogP contribution < -0.4 is 10.2 Å². The van der Waals surface area contributed by atoms with Crippen LogP contribution in [0.3, 0.4) is 0 Å². The van der Waals surface area contributed by atoms with Crippen molar-refractivity contribution < 1.29 is 36.1 Å². The first kappa shape index (κ1) is 46.0. The Morgan fingerprint density at radius 3 is 1.11 bits per heavy atom. The average Bonchev–Trinajstić information content (AvgIpc) is 3.21. The summed E-state index contributed by atoms with van der Waals surface area (Å²) in [5.41, 5.74) is 14.3. The number of rotatable bonds is 8. The van der Waals surface area contributed by atoms with Crippen LogP contribution in [-0.2, 0) is 36.7 Å². The summed E-state index contributed by atoms with van der Waals surface area (Å²) in [7, 11) is 0. The van der Waals surface area contributed by atoms with Gasteiger partial charge < -0.3 is 25.1 Å². The van der Waals surface area contributed by atoms with Crippen molar-refractivity contribution in [3.63, 3.8) is 0 Å². The number of aryl methyl sites for hydroxylation is 2. The van der Waals surface area contributed by atoms with E-state index in [0.29, 0.717) is 11.8 Å². The van der Waals surface area contributed by atoms with Crippen LogP contribution in [0.25, 0.3) is 44.8 Å². The first-order chi connectivity index (χ1) is 28.8.